The molecule has 1 aromatic rings. The molecule has 0 saturated heterocycles. The first-order valence-corrected chi connectivity index (χ1v) is 5.75. The van der Waals surface area contributed by atoms with Crippen molar-refractivity contribution in [1.29, 1.82) is 0 Å². The van der Waals surface area contributed by atoms with Crippen LogP contribution in [-0.2, 0) is 0 Å². The van der Waals surface area contributed by atoms with Crippen LogP contribution in [0.15, 0.2) is 36.4 Å². The molecule has 0 N–H and O–H groups in total. The van der Waals surface area contributed by atoms with E-state index in [1.165, 1.54) is 12.2 Å². The second-order valence-corrected chi connectivity index (χ2v) is 3.74. The molecule has 1 aromatic carbocycles. The van der Waals surface area contributed by atoms with E-state index in [1.807, 2.05) is 0 Å². The van der Waals surface area contributed by atoms with Crippen molar-refractivity contribution >= 4 is 34.8 Å². The summed E-state index contributed by atoms with van der Waals surface area (Å²) in [6, 6.07) is 6.84. The fourth-order valence-electron chi connectivity index (χ4n) is 1.24. The number of ketones is 2. The van der Waals surface area contributed by atoms with E-state index in [1.54, 1.807) is 24.3 Å². The first kappa shape index (κ1) is 12.9. The molecule has 16 heavy (non-hydrogen) atoms. The molecule has 0 unspecified atom stereocenters. The number of rotatable bonds is 1. The molecular formula is C12H10Cl2O2. The zero-order valence-electron chi connectivity index (χ0n) is 8.45. The molecule has 0 aromatic heterocycles. The molecule has 0 spiro atoms. The molecule has 84 valence electrons. The van der Waals surface area contributed by atoms with Gasteiger partial charge in [-0.2, -0.15) is 0 Å². The van der Waals surface area contributed by atoms with Gasteiger partial charge in [0.1, 0.15) is 0 Å². The van der Waals surface area contributed by atoms with E-state index in [9.17, 15) is 9.59 Å². The summed E-state index contributed by atoms with van der Waals surface area (Å²) in [5.74, 6) is 0.929. The van der Waals surface area contributed by atoms with Gasteiger partial charge in [0.25, 0.3) is 0 Å². The number of allylic oxidation sites excluding steroid dienone is 2. The number of carbonyl (C=O) groups is 2. The maximum Gasteiger partial charge on any atom is 0.186 e. The van der Waals surface area contributed by atoms with Crippen LogP contribution in [0.3, 0.4) is 0 Å². The Morgan fingerprint density at radius 2 is 1.19 bits per heavy atom. The van der Waals surface area contributed by atoms with E-state index in [4.69, 9.17) is 23.2 Å². The topological polar surface area (TPSA) is 34.1 Å². The molecule has 0 radical (unpaired) electrons. The molecule has 0 bridgehead atoms. The summed E-state index contributed by atoms with van der Waals surface area (Å²) in [7, 11) is 0. The Hall–Kier alpha value is -1.12. The van der Waals surface area contributed by atoms with E-state index in [0.717, 1.165) is 0 Å². The zero-order chi connectivity index (χ0) is 12.0. The fraction of sp³-hybridized carbons (Fsp3) is 0.167. The van der Waals surface area contributed by atoms with Crippen molar-refractivity contribution in [2.75, 3.05) is 11.8 Å². The lowest BCUT2D eigenvalue weighted by Crippen LogP contribution is -2.10. The van der Waals surface area contributed by atoms with Crippen LogP contribution in [0.25, 0.3) is 0 Å². The maximum absolute atomic E-state index is 11.2. The molecule has 0 aliphatic heterocycles. The Morgan fingerprint density at radius 3 is 1.50 bits per heavy atom. The summed E-state index contributed by atoms with van der Waals surface area (Å²) in [5.41, 5.74) is 1.01. The van der Waals surface area contributed by atoms with Crippen LogP contribution in [0, 0.1) is 0 Å². The van der Waals surface area contributed by atoms with Crippen molar-refractivity contribution in [2.24, 2.45) is 0 Å². The lowest BCUT2D eigenvalue weighted by molar-refractivity contribution is 0.0994. The van der Waals surface area contributed by atoms with Gasteiger partial charge in [0.2, 0.25) is 0 Å². The lowest BCUT2D eigenvalue weighted by atomic mass is 9.95. The highest BCUT2D eigenvalue weighted by Crippen LogP contribution is 2.15. The van der Waals surface area contributed by atoms with E-state index in [0.29, 0.717) is 22.9 Å². The van der Waals surface area contributed by atoms with Crippen molar-refractivity contribution in [2.45, 2.75) is 0 Å². The number of hydrogen-bond acceptors (Lipinski definition) is 2. The molecule has 4 heteroatoms. The highest BCUT2D eigenvalue weighted by Gasteiger charge is 2.16. The van der Waals surface area contributed by atoms with Crippen LogP contribution >= 0.6 is 23.2 Å². The van der Waals surface area contributed by atoms with E-state index < -0.39 is 0 Å². The number of halogens is 2. The Bertz CT molecular complexity index is 386. The summed E-state index contributed by atoms with van der Waals surface area (Å²) in [6.45, 7) is 0. The van der Waals surface area contributed by atoms with Crippen LogP contribution in [-0.4, -0.2) is 23.3 Å². The Kier molecular flexibility index (Phi) is 5.23. The summed E-state index contributed by atoms with van der Waals surface area (Å²) >= 11 is 10.1. The largest absolute Gasteiger partial charge is 0.289 e. The van der Waals surface area contributed by atoms with Crippen molar-refractivity contribution in [3.8, 4) is 0 Å². The van der Waals surface area contributed by atoms with Gasteiger partial charge in [-0.05, 0) is 12.2 Å². The van der Waals surface area contributed by atoms with Gasteiger partial charge in [-0.1, -0.05) is 24.3 Å². The maximum atomic E-state index is 11.2. The quantitative estimate of drug-likeness (QED) is 0.724. The van der Waals surface area contributed by atoms with Crippen molar-refractivity contribution < 1.29 is 9.59 Å². The normalized spacial score (nSPS) is 12.9. The average Bonchev–Trinajstić information content (AvgIpc) is 2.35. The minimum absolute atomic E-state index is 0.0924. The third-order valence-corrected chi connectivity index (χ3v) is 2.49. The molecule has 0 fully saturated rings. The van der Waals surface area contributed by atoms with Gasteiger partial charge in [-0.25, -0.2) is 0 Å². The van der Waals surface area contributed by atoms with Crippen LogP contribution in [0.4, 0.5) is 0 Å². The lowest BCUT2D eigenvalue weighted by Gasteiger charge is -2.06. The van der Waals surface area contributed by atoms with Gasteiger partial charge in [-0.15, -0.1) is 23.2 Å². The summed E-state index contributed by atoms with van der Waals surface area (Å²) in [6.07, 6.45) is 2.62. The van der Waals surface area contributed by atoms with Crippen molar-refractivity contribution in [3.63, 3.8) is 0 Å². The van der Waals surface area contributed by atoms with Gasteiger partial charge in [0.05, 0.1) is 0 Å². The smallest absolute Gasteiger partial charge is 0.186 e. The van der Waals surface area contributed by atoms with Gasteiger partial charge >= 0.3 is 0 Å². The molecule has 0 atom stereocenters. The number of carbonyl (C=O) groups excluding carboxylic acids is 2. The number of fused-ring (bicyclic) bond motifs is 1. The molecule has 0 saturated carbocycles. The van der Waals surface area contributed by atoms with Crippen molar-refractivity contribution in [3.05, 3.63) is 47.5 Å². The van der Waals surface area contributed by atoms with Gasteiger partial charge < -0.3 is 0 Å². The molecule has 1 aliphatic carbocycles. The Labute approximate surface area is 104 Å². The van der Waals surface area contributed by atoms with Gasteiger partial charge in [0, 0.05) is 22.9 Å². The van der Waals surface area contributed by atoms with Crippen LogP contribution < -0.4 is 0 Å². The van der Waals surface area contributed by atoms with E-state index >= 15 is 0 Å². The second-order valence-electron chi connectivity index (χ2n) is 2.99. The predicted molar refractivity (Wildman–Crippen MR) is 65.7 cm³/mol. The fourth-order valence-corrected chi connectivity index (χ4v) is 1.24. The predicted octanol–water partition coefficient (Wildman–Crippen LogP) is 3.09. The summed E-state index contributed by atoms with van der Waals surface area (Å²) < 4.78 is 0. The van der Waals surface area contributed by atoms with Gasteiger partial charge in [-0.3, -0.25) is 9.59 Å². The molecule has 2 nitrogen and oxygen atoms in total. The zero-order valence-corrected chi connectivity index (χ0v) is 9.96. The second kappa shape index (κ2) is 6.46. The minimum atomic E-state index is -0.0924. The third kappa shape index (κ3) is 3.19. The number of hydrogen-bond donors (Lipinski definition) is 0. The molecule has 0 amide bonds. The monoisotopic (exact) mass is 256 g/mol. The molecule has 1 aliphatic rings. The van der Waals surface area contributed by atoms with Crippen LogP contribution in [0.2, 0.25) is 0 Å². The van der Waals surface area contributed by atoms with Gasteiger partial charge in [0.15, 0.2) is 11.6 Å². The first-order chi connectivity index (χ1) is 7.70. The van der Waals surface area contributed by atoms with Crippen molar-refractivity contribution in [1.82, 2.24) is 0 Å². The highest BCUT2D eigenvalue weighted by atomic mass is 35.5. The minimum Gasteiger partial charge on any atom is -0.289 e. The summed E-state index contributed by atoms with van der Waals surface area (Å²) in [5, 5.41) is 0. The highest BCUT2D eigenvalue weighted by molar-refractivity contribution is 6.26. The molecular weight excluding hydrogens is 247 g/mol. The Morgan fingerprint density at radius 1 is 0.812 bits per heavy atom. The van der Waals surface area contributed by atoms with E-state index in [-0.39, 0.29) is 11.6 Å². The number of alkyl halides is 2. The van der Waals surface area contributed by atoms with Crippen LogP contribution in [0.5, 0.6) is 0 Å². The van der Waals surface area contributed by atoms with E-state index in [2.05, 4.69) is 0 Å². The average molecular weight is 257 g/mol. The third-order valence-electron chi connectivity index (χ3n) is 1.92. The summed E-state index contributed by atoms with van der Waals surface area (Å²) in [4.78, 5) is 22.4. The molecule has 2 rings (SSSR count). The Balaban J connectivity index is 0.000000280. The molecule has 0 heterocycles. The number of benzene rings is 1. The SMILES string of the molecule is ClCCCl.O=C1C=CC(=O)c2ccccc21. The first-order valence-electron chi connectivity index (χ1n) is 4.68. The van der Waals surface area contributed by atoms with Crippen LogP contribution in [0.1, 0.15) is 20.7 Å². The standard InChI is InChI=1S/C10H6O2.C2H4Cl2/c11-9-5-6-10(12)8-4-2-1-3-7(8)9;3-1-2-4/h1-6H;1-2H2.